The lowest BCUT2D eigenvalue weighted by Gasteiger charge is -2.38. The third kappa shape index (κ3) is 4.18. The van der Waals surface area contributed by atoms with Crippen molar-refractivity contribution >= 4 is 5.97 Å². The number of rotatable bonds is 6. The van der Waals surface area contributed by atoms with Gasteiger partial charge >= 0.3 is 5.97 Å². The van der Waals surface area contributed by atoms with E-state index in [1.807, 2.05) is 14.0 Å². The average molecular weight is 270 g/mol. The van der Waals surface area contributed by atoms with Gasteiger partial charge in [-0.25, -0.2) is 0 Å². The van der Waals surface area contributed by atoms with Crippen molar-refractivity contribution in [2.75, 3.05) is 27.7 Å². The lowest BCUT2D eigenvalue weighted by atomic mass is 9.83. The molecule has 1 rings (SSSR count). The molecule has 1 saturated carbocycles. The van der Waals surface area contributed by atoms with Crippen LogP contribution in [-0.4, -0.2) is 50.2 Å². The average Bonchev–Trinajstić information content (AvgIpc) is 2.46. The zero-order valence-corrected chi connectivity index (χ0v) is 13.2. The highest BCUT2D eigenvalue weighted by molar-refractivity contribution is 5.80. The molecule has 1 unspecified atom stereocenters. The number of esters is 1. The molecule has 0 saturated heterocycles. The SMILES string of the molecule is CCC1CCC(N(C)CC(C)(NC)C(=O)OC)CC1. The molecule has 4 nitrogen and oxygen atoms in total. The fourth-order valence-corrected chi connectivity index (χ4v) is 3.09. The Hall–Kier alpha value is -0.610. The number of methoxy groups -OCH3 is 1. The van der Waals surface area contributed by atoms with Crippen LogP contribution in [0.15, 0.2) is 0 Å². The van der Waals surface area contributed by atoms with Crippen molar-refractivity contribution in [1.82, 2.24) is 10.2 Å². The first-order valence-corrected chi connectivity index (χ1v) is 7.44. The summed E-state index contributed by atoms with van der Waals surface area (Å²) < 4.78 is 4.90. The Morgan fingerprint density at radius 2 is 1.95 bits per heavy atom. The summed E-state index contributed by atoms with van der Waals surface area (Å²) >= 11 is 0. The number of hydrogen-bond donors (Lipinski definition) is 1. The Morgan fingerprint density at radius 1 is 1.37 bits per heavy atom. The van der Waals surface area contributed by atoms with Crippen LogP contribution in [0, 0.1) is 5.92 Å². The van der Waals surface area contributed by atoms with E-state index in [1.54, 1.807) is 0 Å². The van der Waals surface area contributed by atoms with E-state index in [2.05, 4.69) is 24.2 Å². The number of carbonyl (C=O) groups is 1. The van der Waals surface area contributed by atoms with Gasteiger partial charge in [0.15, 0.2) is 0 Å². The minimum Gasteiger partial charge on any atom is -0.468 e. The van der Waals surface area contributed by atoms with E-state index >= 15 is 0 Å². The lowest BCUT2D eigenvalue weighted by molar-refractivity contribution is -0.148. The molecule has 4 heteroatoms. The van der Waals surface area contributed by atoms with Gasteiger partial charge in [-0.05, 0) is 52.6 Å². The summed E-state index contributed by atoms with van der Waals surface area (Å²) in [5.41, 5.74) is -0.620. The van der Waals surface area contributed by atoms with E-state index in [0.29, 0.717) is 12.6 Å². The van der Waals surface area contributed by atoms with Crippen LogP contribution in [0.3, 0.4) is 0 Å². The van der Waals surface area contributed by atoms with E-state index in [0.717, 1.165) is 5.92 Å². The van der Waals surface area contributed by atoms with Gasteiger partial charge in [-0.15, -0.1) is 0 Å². The van der Waals surface area contributed by atoms with Gasteiger partial charge in [-0.3, -0.25) is 4.79 Å². The van der Waals surface area contributed by atoms with Crippen molar-refractivity contribution in [1.29, 1.82) is 0 Å². The summed E-state index contributed by atoms with van der Waals surface area (Å²) in [6.45, 7) is 4.88. The van der Waals surface area contributed by atoms with Crippen LogP contribution in [0.2, 0.25) is 0 Å². The maximum Gasteiger partial charge on any atom is 0.327 e. The predicted octanol–water partition coefficient (Wildman–Crippen LogP) is 2.04. The highest BCUT2D eigenvalue weighted by Gasteiger charge is 2.36. The zero-order chi connectivity index (χ0) is 14.5. The van der Waals surface area contributed by atoms with Gasteiger partial charge < -0.3 is 15.0 Å². The maximum atomic E-state index is 11.9. The van der Waals surface area contributed by atoms with Crippen LogP contribution in [0.1, 0.15) is 46.0 Å². The summed E-state index contributed by atoms with van der Waals surface area (Å²) in [5, 5.41) is 3.10. The van der Waals surface area contributed by atoms with Crippen LogP contribution >= 0.6 is 0 Å². The molecule has 1 atom stereocenters. The molecule has 1 aliphatic rings. The Morgan fingerprint density at radius 3 is 2.37 bits per heavy atom. The smallest absolute Gasteiger partial charge is 0.327 e. The topological polar surface area (TPSA) is 41.6 Å². The second-order valence-electron chi connectivity index (χ2n) is 6.07. The second-order valence-corrected chi connectivity index (χ2v) is 6.07. The van der Waals surface area contributed by atoms with Gasteiger partial charge in [0, 0.05) is 12.6 Å². The standard InChI is InChI=1S/C15H30N2O2/c1-6-12-7-9-13(10-8-12)17(4)11-15(2,16-3)14(18)19-5/h12-13,16H,6-11H2,1-5H3. The first-order chi connectivity index (χ1) is 8.96. The third-order valence-electron chi connectivity index (χ3n) is 4.77. The van der Waals surface area contributed by atoms with E-state index in [1.165, 1.54) is 39.2 Å². The molecule has 19 heavy (non-hydrogen) atoms. The molecule has 0 amide bonds. The van der Waals surface area contributed by atoms with Crippen LogP contribution < -0.4 is 5.32 Å². The normalized spacial score (nSPS) is 27.1. The first-order valence-electron chi connectivity index (χ1n) is 7.44. The largest absolute Gasteiger partial charge is 0.468 e. The van der Waals surface area contributed by atoms with Crippen LogP contribution in [0.4, 0.5) is 0 Å². The molecule has 0 aromatic rings. The van der Waals surface area contributed by atoms with Crippen molar-refractivity contribution in [3.8, 4) is 0 Å². The summed E-state index contributed by atoms with van der Waals surface area (Å²) in [6.07, 6.45) is 6.43. The number of ether oxygens (including phenoxy) is 1. The van der Waals surface area contributed by atoms with Crippen molar-refractivity contribution in [3.63, 3.8) is 0 Å². The molecule has 1 N–H and O–H groups in total. The molecule has 0 aliphatic heterocycles. The summed E-state index contributed by atoms with van der Waals surface area (Å²) in [6, 6.07) is 0.597. The fourth-order valence-electron chi connectivity index (χ4n) is 3.09. The summed E-state index contributed by atoms with van der Waals surface area (Å²) in [7, 11) is 5.39. The zero-order valence-electron chi connectivity index (χ0n) is 13.2. The van der Waals surface area contributed by atoms with Crippen molar-refractivity contribution in [3.05, 3.63) is 0 Å². The summed E-state index contributed by atoms with van der Waals surface area (Å²) in [4.78, 5) is 14.2. The molecule has 0 bridgehead atoms. The molecule has 112 valence electrons. The second kappa shape index (κ2) is 7.25. The van der Waals surface area contributed by atoms with E-state index in [9.17, 15) is 4.79 Å². The first kappa shape index (κ1) is 16.4. The third-order valence-corrected chi connectivity index (χ3v) is 4.77. The Labute approximate surface area is 117 Å². The number of likely N-dealkylation sites (N-methyl/N-ethyl adjacent to an activating group) is 2. The van der Waals surface area contributed by atoms with Gasteiger partial charge in [-0.1, -0.05) is 13.3 Å². The molecule has 0 aromatic heterocycles. The highest BCUT2D eigenvalue weighted by Crippen LogP contribution is 2.29. The molecule has 1 fully saturated rings. The van der Waals surface area contributed by atoms with Gasteiger partial charge in [0.05, 0.1) is 7.11 Å². The molecule has 0 heterocycles. The Balaban J connectivity index is 2.54. The quantitative estimate of drug-likeness (QED) is 0.750. The number of carbonyl (C=O) groups excluding carboxylic acids is 1. The maximum absolute atomic E-state index is 11.9. The van der Waals surface area contributed by atoms with Crippen molar-refractivity contribution in [2.24, 2.45) is 5.92 Å². The van der Waals surface area contributed by atoms with E-state index in [4.69, 9.17) is 4.74 Å². The van der Waals surface area contributed by atoms with Gasteiger partial charge in [0.2, 0.25) is 0 Å². The monoisotopic (exact) mass is 270 g/mol. The molecule has 0 spiro atoms. The van der Waals surface area contributed by atoms with Crippen molar-refractivity contribution in [2.45, 2.75) is 57.5 Å². The Bertz CT molecular complexity index is 288. The number of nitrogens with zero attached hydrogens (tertiary/aromatic N) is 1. The van der Waals surface area contributed by atoms with Crippen LogP contribution in [0.25, 0.3) is 0 Å². The van der Waals surface area contributed by atoms with Crippen LogP contribution in [0.5, 0.6) is 0 Å². The molecular formula is C15H30N2O2. The van der Waals surface area contributed by atoms with Crippen LogP contribution in [-0.2, 0) is 9.53 Å². The number of nitrogens with one attached hydrogen (secondary N) is 1. The number of hydrogen-bond acceptors (Lipinski definition) is 4. The molecule has 1 aliphatic carbocycles. The Kier molecular flexibility index (Phi) is 6.27. The van der Waals surface area contributed by atoms with E-state index in [-0.39, 0.29) is 5.97 Å². The predicted molar refractivity (Wildman–Crippen MR) is 78.1 cm³/mol. The molecule has 0 aromatic carbocycles. The molecule has 0 radical (unpaired) electrons. The van der Waals surface area contributed by atoms with Gasteiger partial charge in [0.1, 0.15) is 5.54 Å². The highest BCUT2D eigenvalue weighted by atomic mass is 16.5. The fraction of sp³-hybridized carbons (Fsp3) is 0.933. The van der Waals surface area contributed by atoms with Crippen molar-refractivity contribution < 1.29 is 9.53 Å². The lowest BCUT2D eigenvalue weighted by Crippen LogP contribution is -2.57. The van der Waals surface area contributed by atoms with Gasteiger partial charge in [-0.2, -0.15) is 0 Å². The van der Waals surface area contributed by atoms with E-state index < -0.39 is 5.54 Å². The minimum atomic E-state index is -0.620. The summed E-state index contributed by atoms with van der Waals surface area (Å²) in [5.74, 6) is 0.713. The van der Waals surface area contributed by atoms with Gasteiger partial charge in [0.25, 0.3) is 0 Å². The molecular weight excluding hydrogens is 240 g/mol. The minimum absolute atomic E-state index is 0.191.